The molecule has 1 aliphatic carbocycles. The van der Waals surface area contributed by atoms with Gasteiger partial charge in [0, 0.05) is 49.4 Å². The lowest BCUT2D eigenvalue weighted by Crippen LogP contribution is -2.37. The Hall–Kier alpha value is -2.04. The highest BCUT2D eigenvalue weighted by Crippen LogP contribution is 2.32. The fraction of sp³-hybridized carbons (Fsp3) is 0.636. The predicted molar refractivity (Wildman–Crippen MR) is 108 cm³/mol. The maximum atomic E-state index is 12.6. The van der Waals surface area contributed by atoms with E-state index in [4.69, 9.17) is 0 Å². The molecule has 2 amide bonds. The van der Waals surface area contributed by atoms with Crippen molar-refractivity contribution in [1.29, 1.82) is 0 Å². The van der Waals surface area contributed by atoms with Crippen LogP contribution in [-0.4, -0.2) is 42.9 Å². The molecule has 3 aliphatic rings. The number of hydrogen-bond acceptors (Lipinski definition) is 3. The Bertz CT molecular complexity index is 653. The van der Waals surface area contributed by atoms with Crippen LogP contribution in [0.15, 0.2) is 24.3 Å². The average molecular weight is 370 g/mol. The Morgan fingerprint density at radius 1 is 0.778 bits per heavy atom. The highest BCUT2D eigenvalue weighted by atomic mass is 16.2. The molecule has 1 N–H and O–H groups in total. The fourth-order valence-electron chi connectivity index (χ4n) is 4.77. The predicted octanol–water partition coefficient (Wildman–Crippen LogP) is 3.65. The zero-order chi connectivity index (χ0) is 18.6. The van der Waals surface area contributed by atoms with Crippen LogP contribution in [0.5, 0.6) is 0 Å². The van der Waals surface area contributed by atoms with Gasteiger partial charge in [-0.15, -0.1) is 0 Å². The normalized spacial score (nSPS) is 25.6. The Balaban J connectivity index is 1.26. The maximum absolute atomic E-state index is 12.6. The number of anilines is 2. The summed E-state index contributed by atoms with van der Waals surface area (Å²) in [5, 5.41) is 3.08. The molecule has 5 nitrogen and oxygen atoms in total. The van der Waals surface area contributed by atoms with Gasteiger partial charge in [0.1, 0.15) is 0 Å². The van der Waals surface area contributed by atoms with Crippen molar-refractivity contribution in [3.8, 4) is 0 Å². The van der Waals surface area contributed by atoms with Crippen molar-refractivity contribution in [2.45, 2.75) is 51.4 Å². The van der Waals surface area contributed by atoms with Crippen LogP contribution < -0.4 is 10.2 Å². The van der Waals surface area contributed by atoms with Crippen LogP contribution in [0.4, 0.5) is 11.4 Å². The standard InChI is InChI=1S/C22H31N3O2/c26-21(23-19-9-11-20(12-10-19)24-13-1-2-14-24)17-5-7-18(8-6-17)22(27)25-15-3-4-16-25/h9-12,17-18H,1-8,13-16H2,(H,23,26). The highest BCUT2D eigenvalue weighted by Gasteiger charge is 2.32. The number of benzene rings is 1. The number of nitrogens with one attached hydrogen (secondary N) is 1. The first-order valence-electron chi connectivity index (χ1n) is 10.7. The van der Waals surface area contributed by atoms with Crippen molar-refractivity contribution >= 4 is 23.2 Å². The largest absolute Gasteiger partial charge is 0.372 e. The summed E-state index contributed by atoms with van der Waals surface area (Å²) in [4.78, 5) is 29.6. The molecule has 3 fully saturated rings. The third kappa shape index (κ3) is 4.28. The molecular weight excluding hydrogens is 338 g/mol. The fourth-order valence-corrected chi connectivity index (χ4v) is 4.77. The molecule has 1 saturated carbocycles. The van der Waals surface area contributed by atoms with Gasteiger partial charge in [0.2, 0.25) is 11.8 Å². The van der Waals surface area contributed by atoms with Crippen LogP contribution >= 0.6 is 0 Å². The van der Waals surface area contributed by atoms with E-state index in [1.165, 1.54) is 18.5 Å². The first-order valence-corrected chi connectivity index (χ1v) is 10.7. The van der Waals surface area contributed by atoms with Gasteiger partial charge in [0.15, 0.2) is 0 Å². The molecular formula is C22H31N3O2. The van der Waals surface area contributed by atoms with Crippen molar-refractivity contribution in [3.63, 3.8) is 0 Å². The van der Waals surface area contributed by atoms with E-state index < -0.39 is 0 Å². The van der Waals surface area contributed by atoms with Crippen LogP contribution in [0.3, 0.4) is 0 Å². The monoisotopic (exact) mass is 369 g/mol. The van der Waals surface area contributed by atoms with Gasteiger partial charge in [-0.3, -0.25) is 9.59 Å². The van der Waals surface area contributed by atoms with Gasteiger partial charge >= 0.3 is 0 Å². The van der Waals surface area contributed by atoms with Gasteiger partial charge in [0.05, 0.1) is 0 Å². The lowest BCUT2D eigenvalue weighted by molar-refractivity contribution is -0.136. The summed E-state index contributed by atoms with van der Waals surface area (Å²) < 4.78 is 0. The van der Waals surface area contributed by atoms with E-state index in [1.54, 1.807) is 0 Å². The van der Waals surface area contributed by atoms with E-state index >= 15 is 0 Å². The van der Waals surface area contributed by atoms with Gasteiger partial charge in [0.25, 0.3) is 0 Å². The van der Waals surface area contributed by atoms with Crippen LogP contribution in [0.25, 0.3) is 0 Å². The Morgan fingerprint density at radius 3 is 1.96 bits per heavy atom. The molecule has 2 aliphatic heterocycles. The molecule has 1 aromatic rings. The number of carbonyl (C=O) groups is 2. The van der Waals surface area contributed by atoms with Crippen molar-refractivity contribution in [2.75, 3.05) is 36.4 Å². The van der Waals surface area contributed by atoms with Crippen LogP contribution in [-0.2, 0) is 9.59 Å². The van der Waals surface area contributed by atoms with E-state index in [2.05, 4.69) is 22.3 Å². The van der Waals surface area contributed by atoms with Crippen LogP contribution in [0.1, 0.15) is 51.4 Å². The number of likely N-dealkylation sites (tertiary alicyclic amines) is 1. The molecule has 2 heterocycles. The van der Waals surface area contributed by atoms with Gasteiger partial charge in [-0.2, -0.15) is 0 Å². The first kappa shape index (κ1) is 18.3. The second-order valence-corrected chi connectivity index (χ2v) is 8.31. The topological polar surface area (TPSA) is 52.7 Å². The average Bonchev–Trinajstić information content (AvgIpc) is 3.42. The molecule has 27 heavy (non-hydrogen) atoms. The maximum Gasteiger partial charge on any atom is 0.227 e. The minimum absolute atomic E-state index is 0.0332. The van der Waals surface area contributed by atoms with Crippen molar-refractivity contribution in [1.82, 2.24) is 4.90 Å². The van der Waals surface area contributed by atoms with E-state index in [-0.39, 0.29) is 17.7 Å². The summed E-state index contributed by atoms with van der Waals surface area (Å²) in [6, 6.07) is 8.22. The summed E-state index contributed by atoms with van der Waals surface area (Å²) in [5.74, 6) is 0.595. The number of nitrogens with zero attached hydrogens (tertiary/aromatic N) is 2. The third-order valence-electron chi connectivity index (χ3n) is 6.47. The van der Waals surface area contributed by atoms with Gasteiger partial charge < -0.3 is 15.1 Å². The minimum atomic E-state index is 0.0332. The molecule has 0 atom stereocenters. The Labute approximate surface area is 162 Å². The van der Waals surface area contributed by atoms with E-state index in [0.717, 1.165) is 70.4 Å². The zero-order valence-electron chi connectivity index (χ0n) is 16.2. The quantitative estimate of drug-likeness (QED) is 0.881. The molecule has 0 aromatic heterocycles. The zero-order valence-corrected chi connectivity index (χ0v) is 16.2. The van der Waals surface area contributed by atoms with Crippen LogP contribution in [0, 0.1) is 11.8 Å². The smallest absolute Gasteiger partial charge is 0.227 e. The van der Waals surface area contributed by atoms with E-state index in [9.17, 15) is 9.59 Å². The van der Waals surface area contributed by atoms with Crippen molar-refractivity contribution in [2.24, 2.45) is 11.8 Å². The molecule has 5 heteroatoms. The third-order valence-corrected chi connectivity index (χ3v) is 6.47. The summed E-state index contributed by atoms with van der Waals surface area (Å²) >= 11 is 0. The Morgan fingerprint density at radius 2 is 1.33 bits per heavy atom. The summed E-state index contributed by atoms with van der Waals surface area (Å²) in [5.41, 5.74) is 2.12. The molecule has 0 bridgehead atoms. The molecule has 0 unspecified atom stereocenters. The van der Waals surface area contributed by atoms with E-state index in [0.29, 0.717) is 5.91 Å². The molecule has 4 rings (SSSR count). The number of carbonyl (C=O) groups excluding carboxylic acids is 2. The lowest BCUT2D eigenvalue weighted by atomic mass is 9.81. The van der Waals surface area contributed by atoms with Gasteiger partial charge in [-0.25, -0.2) is 0 Å². The second kappa shape index (κ2) is 8.32. The van der Waals surface area contributed by atoms with Gasteiger partial charge in [-0.05, 0) is 75.6 Å². The minimum Gasteiger partial charge on any atom is -0.372 e. The summed E-state index contributed by atoms with van der Waals surface area (Å²) in [6.07, 6.45) is 8.15. The molecule has 1 aromatic carbocycles. The Kier molecular flexibility index (Phi) is 5.65. The summed E-state index contributed by atoms with van der Waals surface area (Å²) in [7, 11) is 0. The molecule has 2 saturated heterocycles. The lowest BCUT2D eigenvalue weighted by Gasteiger charge is -2.29. The van der Waals surface area contributed by atoms with Crippen molar-refractivity contribution in [3.05, 3.63) is 24.3 Å². The number of hydrogen-bond donors (Lipinski definition) is 1. The molecule has 0 radical (unpaired) electrons. The number of amides is 2. The summed E-state index contributed by atoms with van der Waals surface area (Å²) in [6.45, 7) is 4.11. The number of rotatable bonds is 4. The molecule has 0 spiro atoms. The van der Waals surface area contributed by atoms with Gasteiger partial charge in [-0.1, -0.05) is 0 Å². The SMILES string of the molecule is O=C(Nc1ccc(N2CCCC2)cc1)C1CCC(C(=O)N2CCCC2)CC1. The van der Waals surface area contributed by atoms with Crippen molar-refractivity contribution < 1.29 is 9.59 Å². The molecule has 146 valence electrons. The first-order chi connectivity index (χ1) is 13.2. The van der Waals surface area contributed by atoms with Crippen LogP contribution in [0.2, 0.25) is 0 Å². The highest BCUT2D eigenvalue weighted by molar-refractivity contribution is 5.93. The second-order valence-electron chi connectivity index (χ2n) is 8.31. The van der Waals surface area contributed by atoms with E-state index in [1.807, 2.05) is 17.0 Å².